The number of nitrogens with one attached hydrogen (secondary N) is 1. The van der Waals surface area contributed by atoms with E-state index in [4.69, 9.17) is 4.74 Å². The zero-order valence-electron chi connectivity index (χ0n) is 16.9. The highest BCUT2D eigenvalue weighted by Gasteiger charge is 2.57. The number of carbonyl (C=O) groups is 3. The number of carbonyl (C=O) groups excluding carboxylic acids is 3. The van der Waals surface area contributed by atoms with E-state index in [9.17, 15) is 19.5 Å². The Morgan fingerprint density at radius 2 is 1.79 bits per heavy atom. The van der Waals surface area contributed by atoms with Crippen LogP contribution in [-0.2, 0) is 9.53 Å². The summed E-state index contributed by atoms with van der Waals surface area (Å²) >= 11 is 0. The topological polar surface area (TPSA) is 96.5 Å². The lowest BCUT2D eigenvalue weighted by Gasteiger charge is -2.60. The predicted molar refractivity (Wildman–Crippen MR) is 102 cm³/mol. The SMILES string of the molecule is CC(=O)c1c(C)[nH]c(C(=O)COC(=O)CC23C[C@@H]4C[C@@H](CC(O)(C4)C2)C3)c1C. The molecule has 2 unspecified atom stereocenters. The number of rotatable bonds is 6. The fraction of sp³-hybridized carbons (Fsp3) is 0.682. The van der Waals surface area contributed by atoms with Gasteiger partial charge in [0.1, 0.15) is 0 Å². The molecule has 0 saturated heterocycles. The summed E-state index contributed by atoms with van der Waals surface area (Å²) in [5.74, 6) is 0.227. The van der Waals surface area contributed by atoms with Gasteiger partial charge in [0.05, 0.1) is 17.7 Å². The smallest absolute Gasteiger partial charge is 0.306 e. The van der Waals surface area contributed by atoms with Gasteiger partial charge in [-0.15, -0.1) is 0 Å². The molecule has 4 saturated carbocycles. The van der Waals surface area contributed by atoms with E-state index in [1.807, 2.05) is 0 Å². The van der Waals surface area contributed by atoms with Gasteiger partial charge >= 0.3 is 5.97 Å². The lowest BCUT2D eigenvalue weighted by atomic mass is 9.47. The van der Waals surface area contributed by atoms with Crippen molar-refractivity contribution in [3.63, 3.8) is 0 Å². The second-order valence-corrected chi connectivity index (χ2v) is 9.63. The maximum atomic E-state index is 12.5. The van der Waals surface area contributed by atoms with Crippen molar-refractivity contribution in [2.24, 2.45) is 17.3 Å². The van der Waals surface area contributed by atoms with E-state index >= 15 is 0 Å². The molecule has 6 nitrogen and oxygen atoms in total. The second kappa shape index (κ2) is 6.55. The van der Waals surface area contributed by atoms with Gasteiger partial charge in [0, 0.05) is 11.3 Å². The predicted octanol–water partition coefficient (Wildman–Crippen LogP) is 3.28. The minimum Gasteiger partial charge on any atom is -0.457 e. The molecular formula is C22H29NO5. The van der Waals surface area contributed by atoms with Crippen molar-refractivity contribution in [2.45, 2.75) is 71.3 Å². The average molecular weight is 387 g/mol. The largest absolute Gasteiger partial charge is 0.457 e. The zero-order valence-corrected chi connectivity index (χ0v) is 16.9. The Kier molecular flexibility index (Phi) is 4.53. The minimum atomic E-state index is -0.609. The number of aromatic nitrogens is 1. The Hall–Kier alpha value is -1.95. The number of aliphatic hydroxyl groups is 1. The first-order chi connectivity index (χ1) is 13.1. The first-order valence-corrected chi connectivity index (χ1v) is 10.2. The van der Waals surface area contributed by atoms with Crippen LogP contribution in [0.25, 0.3) is 0 Å². The Bertz CT molecular complexity index is 837. The summed E-state index contributed by atoms with van der Waals surface area (Å²) in [5, 5.41) is 10.8. The lowest BCUT2D eigenvalue weighted by molar-refractivity contribution is -0.176. The summed E-state index contributed by atoms with van der Waals surface area (Å²) in [6.07, 6.45) is 5.80. The summed E-state index contributed by atoms with van der Waals surface area (Å²) in [7, 11) is 0. The van der Waals surface area contributed by atoms with E-state index in [-0.39, 0.29) is 36.0 Å². The summed E-state index contributed by atoms with van der Waals surface area (Å²) in [6, 6.07) is 0. The van der Waals surface area contributed by atoms with E-state index in [0.29, 0.717) is 40.8 Å². The number of aromatic amines is 1. The second-order valence-electron chi connectivity index (χ2n) is 9.63. The standard InChI is InChI=1S/C22H29NO5/c1-12-19(14(3)24)13(2)23-20(12)17(25)10-28-18(26)9-21-5-15-4-16(6-21)8-22(27,7-15)11-21/h15-16,23,27H,4-11H2,1-3H3/t15-,16+,21?,22?. The van der Waals surface area contributed by atoms with Crippen molar-refractivity contribution < 1.29 is 24.2 Å². The fourth-order valence-corrected chi connectivity index (χ4v) is 6.74. The third kappa shape index (κ3) is 3.32. The Labute approximate surface area is 165 Å². The molecule has 28 heavy (non-hydrogen) atoms. The van der Waals surface area contributed by atoms with Crippen LogP contribution >= 0.6 is 0 Å². The highest BCUT2D eigenvalue weighted by atomic mass is 16.5. The zero-order chi connectivity index (χ0) is 20.3. The van der Waals surface area contributed by atoms with Crippen LogP contribution in [0, 0.1) is 31.1 Å². The maximum absolute atomic E-state index is 12.5. The normalized spacial score (nSPS) is 33.1. The molecule has 0 spiro atoms. The van der Waals surface area contributed by atoms with Crippen molar-refractivity contribution in [1.82, 2.24) is 4.98 Å². The third-order valence-electron chi connectivity index (χ3n) is 7.10. The fourth-order valence-electron chi connectivity index (χ4n) is 6.74. The van der Waals surface area contributed by atoms with Gasteiger partial charge in [-0.2, -0.15) is 0 Å². The van der Waals surface area contributed by atoms with Crippen molar-refractivity contribution in [1.29, 1.82) is 0 Å². The molecule has 4 aliphatic rings. The molecule has 1 aromatic rings. The van der Waals surface area contributed by atoms with Crippen molar-refractivity contribution in [3.8, 4) is 0 Å². The number of H-pyrrole nitrogens is 1. The van der Waals surface area contributed by atoms with Crippen LogP contribution in [0.15, 0.2) is 0 Å². The van der Waals surface area contributed by atoms with Crippen LogP contribution in [0.5, 0.6) is 0 Å². The molecule has 5 rings (SSSR count). The van der Waals surface area contributed by atoms with Crippen LogP contribution < -0.4 is 0 Å². The van der Waals surface area contributed by atoms with Crippen LogP contribution in [-0.4, -0.2) is 39.8 Å². The van der Waals surface area contributed by atoms with E-state index < -0.39 is 5.60 Å². The van der Waals surface area contributed by atoms with Gasteiger partial charge in [-0.3, -0.25) is 14.4 Å². The van der Waals surface area contributed by atoms with E-state index in [1.165, 1.54) is 13.3 Å². The summed E-state index contributed by atoms with van der Waals surface area (Å²) in [6.45, 7) is 4.62. The molecular weight excluding hydrogens is 358 g/mol. The van der Waals surface area contributed by atoms with Crippen LogP contribution in [0.4, 0.5) is 0 Å². The summed E-state index contributed by atoms with van der Waals surface area (Å²) < 4.78 is 5.32. The third-order valence-corrected chi connectivity index (χ3v) is 7.10. The molecule has 6 heteroatoms. The van der Waals surface area contributed by atoms with E-state index in [2.05, 4.69) is 4.98 Å². The van der Waals surface area contributed by atoms with Gasteiger partial charge in [0.25, 0.3) is 0 Å². The lowest BCUT2D eigenvalue weighted by Crippen LogP contribution is -2.56. The first kappa shape index (κ1) is 19.4. The van der Waals surface area contributed by atoms with Crippen molar-refractivity contribution in [2.75, 3.05) is 6.61 Å². The Balaban J connectivity index is 1.38. The summed E-state index contributed by atoms with van der Waals surface area (Å²) in [4.78, 5) is 39.7. The Morgan fingerprint density at radius 1 is 1.14 bits per heavy atom. The monoisotopic (exact) mass is 387 g/mol. The van der Waals surface area contributed by atoms with Crippen LogP contribution in [0.2, 0.25) is 0 Å². The Morgan fingerprint density at radius 3 is 2.32 bits per heavy atom. The van der Waals surface area contributed by atoms with Crippen LogP contribution in [0.3, 0.4) is 0 Å². The molecule has 0 amide bonds. The number of hydrogen-bond acceptors (Lipinski definition) is 5. The number of aryl methyl sites for hydroxylation is 1. The highest BCUT2D eigenvalue weighted by Crippen LogP contribution is 2.62. The van der Waals surface area contributed by atoms with Crippen LogP contribution in [0.1, 0.15) is 84.0 Å². The molecule has 152 valence electrons. The van der Waals surface area contributed by atoms with Gasteiger partial charge < -0.3 is 14.8 Å². The highest BCUT2D eigenvalue weighted by molar-refractivity contribution is 6.04. The molecule has 4 bridgehead atoms. The van der Waals surface area contributed by atoms with Gasteiger partial charge in [-0.25, -0.2) is 0 Å². The van der Waals surface area contributed by atoms with E-state index in [1.54, 1.807) is 13.8 Å². The number of hydrogen-bond donors (Lipinski definition) is 2. The van der Waals surface area contributed by atoms with Gasteiger partial charge in [0.15, 0.2) is 12.4 Å². The number of ketones is 2. The summed E-state index contributed by atoms with van der Waals surface area (Å²) in [5.41, 5.74) is 1.34. The molecule has 2 N–H and O–H groups in total. The molecule has 4 atom stereocenters. The van der Waals surface area contributed by atoms with Gasteiger partial charge in [-0.1, -0.05) is 0 Å². The molecule has 4 fully saturated rings. The number of esters is 1. The van der Waals surface area contributed by atoms with Gasteiger partial charge in [-0.05, 0) is 82.1 Å². The number of Topliss-reactive ketones (excluding diaryl/α,β-unsaturated/α-hetero) is 2. The average Bonchev–Trinajstić information content (AvgIpc) is 2.84. The maximum Gasteiger partial charge on any atom is 0.306 e. The minimum absolute atomic E-state index is 0.0953. The quantitative estimate of drug-likeness (QED) is 0.577. The molecule has 0 aliphatic heterocycles. The molecule has 1 aromatic heterocycles. The molecule has 0 radical (unpaired) electrons. The number of ether oxygens (including phenoxy) is 1. The van der Waals surface area contributed by atoms with Gasteiger partial charge in [0.2, 0.25) is 5.78 Å². The van der Waals surface area contributed by atoms with Crippen molar-refractivity contribution >= 4 is 17.5 Å². The van der Waals surface area contributed by atoms with E-state index in [0.717, 1.165) is 25.7 Å². The first-order valence-electron chi connectivity index (χ1n) is 10.2. The molecule has 4 aliphatic carbocycles. The molecule has 0 aromatic carbocycles. The van der Waals surface area contributed by atoms with Crippen molar-refractivity contribution in [3.05, 3.63) is 22.5 Å². The molecule has 1 heterocycles.